The molecule has 0 bridgehead atoms. The molecule has 0 aromatic heterocycles. The molecule has 2 atom stereocenters. The van der Waals surface area contributed by atoms with E-state index >= 15 is 0 Å². The van der Waals surface area contributed by atoms with Crippen LogP contribution in [0.15, 0.2) is 76.8 Å². The summed E-state index contributed by atoms with van der Waals surface area (Å²) >= 11 is 1.40. The fourth-order valence-corrected chi connectivity index (χ4v) is 6.36. The maximum atomic E-state index is 14.1. The summed E-state index contributed by atoms with van der Waals surface area (Å²) in [7, 11) is 1.48. The van der Waals surface area contributed by atoms with Crippen LogP contribution in [0.4, 0.5) is 0 Å². The molecule has 1 amide bonds. The molecule has 0 aliphatic carbocycles. The highest BCUT2D eigenvalue weighted by molar-refractivity contribution is 8.05. The molecule has 1 N–H and O–H groups in total. The van der Waals surface area contributed by atoms with E-state index in [-0.39, 0.29) is 25.7 Å². The van der Waals surface area contributed by atoms with Gasteiger partial charge in [-0.1, -0.05) is 60.3 Å². The molecule has 2 aliphatic heterocycles. The molecule has 2 heterocycles. The summed E-state index contributed by atoms with van der Waals surface area (Å²) in [5.74, 6) is -0.559. The Balaban J connectivity index is 1.54. The van der Waals surface area contributed by atoms with Gasteiger partial charge in [-0.3, -0.25) is 9.69 Å². The van der Waals surface area contributed by atoms with Crippen molar-refractivity contribution in [3.63, 3.8) is 0 Å². The average Bonchev–Trinajstić information content (AvgIpc) is 3.29. The summed E-state index contributed by atoms with van der Waals surface area (Å²) in [5, 5.41) is 5.45. The summed E-state index contributed by atoms with van der Waals surface area (Å²) in [4.78, 5) is 41.4. The zero-order valence-corrected chi connectivity index (χ0v) is 24.7. The van der Waals surface area contributed by atoms with E-state index in [0.29, 0.717) is 33.2 Å². The quantitative estimate of drug-likeness (QED) is 0.268. The van der Waals surface area contributed by atoms with Crippen molar-refractivity contribution in [2.24, 2.45) is 0 Å². The van der Waals surface area contributed by atoms with Gasteiger partial charge in [-0.2, -0.15) is 0 Å². The molecule has 10 heteroatoms. The number of thioether (sulfide) groups is 1. The third-order valence-corrected chi connectivity index (χ3v) is 8.11. The maximum absolute atomic E-state index is 14.1. The Bertz CT molecular complexity index is 1590. The largest absolute Gasteiger partial charge is 0.493 e. The van der Waals surface area contributed by atoms with Gasteiger partial charge in [0.05, 0.1) is 36.8 Å². The van der Waals surface area contributed by atoms with E-state index < -0.39 is 23.5 Å². The molecule has 218 valence electrons. The van der Waals surface area contributed by atoms with Gasteiger partial charge in [0.25, 0.3) is 5.91 Å². The highest BCUT2D eigenvalue weighted by Gasteiger charge is 2.48. The van der Waals surface area contributed by atoms with E-state index in [1.807, 2.05) is 55.5 Å². The van der Waals surface area contributed by atoms with Crippen LogP contribution in [0.3, 0.4) is 0 Å². The Labute approximate surface area is 248 Å². The number of methoxy groups -OCH3 is 1. The van der Waals surface area contributed by atoms with Crippen molar-refractivity contribution in [2.45, 2.75) is 32.3 Å². The van der Waals surface area contributed by atoms with Crippen LogP contribution in [-0.4, -0.2) is 55.2 Å². The number of carbonyl (C=O) groups excluding carboxylic acids is 3. The topological polar surface area (TPSA) is 103 Å². The normalized spacial score (nSPS) is 19.0. The number of hydrogen-bond donors (Lipinski definition) is 1. The van der Waals surface area contributed by atoms with E-state index in [2.05, 4.69) is 5.32 Å². The van der Waals surface area contributed by atoms with Crippen LogP contribution >= 0.6 is 11.8 Å². The van der Waals surface area contributed by atoms with Gasteiger partial charge < -0.3 is 24.3 Å². The molecular formula is C32H32N2O7S. The monoisotopic (exact) mass is 588 g/mol. The minimum atomic E-state index is -0.762. The van der Waals surface area contributed by atoms with Gasteiger partial charge in [0, 0.05) is 5.70 Å². The summed E-state index contributed by atoms with van der Waals surface area (Å²) in [6, 6.07) is 18.4. The summed E-state index contributed by atoms with van der Waals surface area (Å²) in [5.41, 5.74) is 2.06. The maximum Gasteiger partial charge on any atom is 0.344 e. The second-order valence-corrected chi connectivity index (χ2v) is 10.7. The van der Waals surface area contributed by atoms with E-state index in [9.17, 15) is 14.4 Å². The zero-order chi connectivity index (χ0) is 29.8. The lowest BCUT2D eigenvalue weighted by atomic mass is 9.93. The number of carbonyl (C=O) groups is 3. The van der Waals surface area contributed by atoms with Crippen LogP contribution < -0.4 is 14.8 Å². The van der Waals surface area contributed by atoms with Crippen LogP contribution in [-0.2, 0) is 23.9 Å². The lowest BCUT2D eigenvalue weighted by molar-refractivity contribution is -0.145. The number of nitrogens with zero attached hydrogens (tertiary/aromatic N) is 1. The highest BCUT2D eigenvalue weighted by Crippen LogP contribution is 2.47. The SMILES string of the molecule is CCOC(=O)COc1ccc([C@@H]2C(C(=O)OCC)=C(C)N[C@@H]3S/C(=C\c4cccc5ccccc45)C(=O)N32)cc1OC. The number of benzene rings is 3. The van der Waals surface area contributed by atoms with Crippen LogP contribution in [0.2, 0.25) is 0 Å². The highest BCUT2D eigenvalue weighted by atomic mass is 32.2. The van der Waals surface area contributed by atoms with Crippen molar-refractivity contribution < 1.29 is 33.3 Å². The van der Waals surface area contributed by atoms with Gasteiger partial charge in [-0.25, -0.2) is 9.59 Å². The number of fused-ring (bicyclic) bond motifs is 2. The van der Waals surface area contributed by atoms with Crippen molar-refractivity contribution >= 4 is 46.5 Å². The molecule has 0 saturated carbocycles. The van der Waals surface area contributed by atoms with Gasteiger partial charge in [-0.05, 0) is 60.9 Å². The molecule has 1 fully saturated rings. The molecule has 0 unspecified atom stereocenters. The summed E-state index contributed by atoms with van der Waals surface area (Å²) in [6.45, 7) is 5.41. The fraction of sp³-hybridized carbons (Fsp3) is 0.281. The minimum absolute atomic E-state index is 0.185. The predicted molar refractivity (Wildman–Crippen MR) is 160 cm³/mol. The van der Waals surface area contributed by atoms with E-state index in [1.165, 1.54) is 18.9 Å². The molecule has 3 aromatic carbocycles. The molecule has 0 radical (unpaired) electrons. The molecule has 9 nitrogen and oxygen atoms in total. The first-order valence-electron chi connectivity index (χ1n) is 13.7. The molecule has 1 saturated heterocycles. The fourth-order valence-electron chi connectivity index (χ4n) is 5.15. The van der Waals surface area contributed by atoms with Gasteiger partial charge in [0.2, 0.25) is 0 Å². The number of rotatable bonds is 9. The number of ether oxygens (including phenoxy) is 4. The van der Waals surface area contributed by atoms with Crippen molar-refractivity contribution in [3.8, 4) is 11.5 Å². The Morgan fingerprint density at radius 1 is 1.00 bits per heavy atom. The summed E-state index contributed by atoms with van der Waals surface area (Å²) < 4.78 is 21.6. The second kappa shape index (κ2) is 12.6. The van der Waals surface area contributed by atoms with Gasteiger partial charge >= 0.3 is 11.9 Å². The van der Waals surface area contributed by atoms with Crippen LogP contribution in [0.5, 0.6) is 11.5 Å². The van der Waals surface area contributed by atoms with Crippen molar-refractivity contribution in [3.05, 3.63) is 88.0 Å². The molecule has 3 aromatic rings. The first kappa shape index (κ1) is 29.1. The molecule has 2 aliphatic rings. The minimum Gasteiger partial charge on any atom is -0.493 e. The van der Waals surface area contributed by atoms with Crippen molar-refractivity contribution in [2.75, 3.05) is 26.9 Å². The zero-order valence-electron chi connectivity index (χ0n) is 23.8. The van der Waals surface area contributed by atoms with Crippen LogP contribution in [0.25, 0.3) is 16.8 Å². The third-order valence-electron chi connectivity index (χ3n) is 6.99. The van der Waals surface area contributed by atoms with Crippen LogP contribution in [0, 0.1) is 0 Å². The molecular weight excluding hydrogens is 556 g/mol. The van der Waals surface area contributed by atoms with Crippen LogP contribution in [0.1, 0.15) is 37.9 Å². The molecule has 0 spiro atoms. The number of hydrogen-bond acceptors (Lipinski definition) is 9. The van der Waals surface area contributed by atoms with Crippen molar-refractivity contribution in [1.29, 1.82) is 0 Å². The standard InChI is InChI=1S/C32H32N2O7S/c1-5-39-27(35)18-41-24-15-14-22(16-25(24)38-4)29-28(31(37)40-6-2)19(3)33-32-34(29)30(36)26(42-32)17-21-12-9-11-20-10-7-8-13-23(20)21/h7-17,29,32-33H,5-6,18H2,1-4H3/b26-17-/t29-,32+/m1/s1. The first-order valence-corrected chi connectivity index (χ1v) is 14.5. The average molecular weight is 589 g/mol. The van der Waals surface area contributed by atoms with Gasteiger partial charge in [0.1, 0.15) is 0 Å². The Kier molecular flexibility index (Phi) is 8.72. The van der Waals surface area contributed by atoms with Gasteiger partial charge in [0.15, 0.2) is 23.6 Å². The number of nitrogens with one attached hydrogen (secondary N) is 1. The molecule has 5 rings (SSSR count). The third kappa shape index (κ3) is 5.67. The lowest BCUT2D eigenvalue weighted by Gasteiger charge is -2.39. The van der Waals surface area contributed by atoms with Gasteiger partial charge in [-0.15, -0.1) is 0 Å². The van der Waals surface area contributed by atoms with Crippen molar-refractivity contribution in [1.82, 2.24) is 10.2 Å². The Hall–Kier alpha value is -4.44. The Morgan fingerprint density at radius 3 is 2.52 bits per heavy atom. The van der Waals surface area contributed by atoms with E-state index in [0.717, 1.165) is 16.3 Å². The van der Waals surface area contributed by atoms with E-state index in [4.69, 9.17) is 18.9 Å². The summed E-state index contributed by atoms with van der Waals surface area (Å²) in [6.07, 6.45) is 1.90. The first-order chi connectivity index (χ1) is 20.4. The number of allylic oxidation sites excluding steroid dienone is 1. The number of amides is 1. The second-order valence-electron chi connectivity index (χ2n) is 9.57. The predicted octanol–water partition coefficient (Wildman–Crippen LogP) is 5.17. The molecule has 42 heavy (non-hydrogen) atoms. The number of esters is 2. The lowest BCUT2D eigenvalue weighted by Crippen LogP contribution is -2.50. The smallest absolute Gasteiger partial charge is 0.344 e. The van der Waals surface area contributed by atoms with E-state index in [1.54, 1.807) is 36.9 Å². The Morgan fingerprint density at radius 2 is 1.76 bits per heavy atom.